The smallest absolute Gasteiger partial charge is 0.319 e. The van der Waals surface area contributed by atoms with E-state index in [1.165, 1.54) is 5.70 Å². The molecule has 7 heteroatoms. The fourth-order valence-electron chi connectivity index (χ4n) is 3.87. The molecule has 2 aliphatic heterocycles. The highest BCUT2D eigenvalue weighted by Gasteiger charge is 2.36. The molecule has 2 amide bonds. The maximum absolute atomic E-state index is 11.8. The van der Waals surface area contributed by atoms with Crippen LogP contribution in [0.3, 0.4) is 0 Å². The quantitative estimate of drug-likeness (QED) is 0.874. The standard InChI is InChI=1S/C20H24N6O/c1-4-21-20(27)22-16-7-5-6-15(11-16)12-25-13(2)10-18-17(25)8-9-19-24-23-14(3)26(18)19/h5-11,17-18H,4,12H2,1-3H3,(H2,21,22,27). The van der Waals surface area contributed by atoms with Gasteiger partial charge in [0.15, 0.2) is 5.82 Å². The third-order valence-electron chi connectivity index (χ3n) is 5.08. The number of carbonyl (C=O) groups is 1. The van der Waals surface area contributed by atoms with Gasteiger partial charge in [0, 0.05) is 24.5 Å². The van der Waals surface area contributed by atoms with E-state index in [2.05, 4.69) is 55.4 Å². The predicted molar refractivity (Wildman–Crippen MR) is 105 cm³/mol. The zero-order chi connectivity index (χ0) is 19.0. The lowest BCUT2D eigenvalue weighted by Crippen LogP contribution is -2.35. The zero-order valence-electron chi connectivity index (χ0n) is 15.8. The number of nitrogens with one attached hydrogen (secondary N) is 2. The Bertz CT molecular complexity index is 928. The molecule has 2 aromatic rings. The number of rotatable bonds is 4. The molecule has 1 aromatic carbocycles. The van der Waals surface area contributed by atoms with E-state index in [1.807, 2.05) is 38.1 Å². The maximum Gasteiger partial charge on any atom is 0.319 e. The topological polar surface area (TPSA) is 75.1 Å². The fourth-order valence-corrected chi connectivity index (χ4v) is 3.87. The van der Waals surface area contributed by atoms with Crippen LogP contribution in [0.25, 0.3) is 6.08 Å². The molecule has 0 radical (unpaired) electrons. The molecule has 3 heterocycles. The molecule has 2 aliphatic rings. The van der Waals surface area contributed by atoms with E-state index in [-0.39, 0.29) is 18.1 Å². The summed E-state index contributed by atoms with van der Waals surface area (Å²) in [5.74, 6) is 1.84. The molecular formula is C20H24N6O. The normalized spacial score (nSPS) is 20.1. The van der Waals surface area contributed by atoms with Crippen LogP contribution in [0, 0.1) is 6.92 Å². The van der Waals surface area contributed by atoms with Gasteiger partial charge in [0.2, 0.25) is 0 Å². The van der Waals surface area contributed by atoms with Crippen LogP contribution in [0.4, 0.5) is 10.5 Å². The third kappa shape index (κ3) is 3.20. The molecule has 1 aromatic heterocycles. The van der Waals surface area contributed by atoms with E-state index in [4.69, 9.17) is 0 Å². The van der Waals surface area contributed by atoms with E-state index in [1.54, 1.807) is 0 Å². The molecule has 0 saturated carbocycles. The van der Waals surface area contributed by atoms with Gasteiger partial charge in [0.05, 0.1) is 12.1 Å². The van der Waals surface area contributed by atoms with E-state index < -0.39 is 0 Å². The lowest BCUT2D eigenvalue weighted by Gasteiger charge is -2.32. The second kappa shape index (κ2) is 6.90. The first-order valence-electron chi connectivity index (χ1n) is 9.25. The first-order chi connectivity index (χ1) is 13.1. The molecule has 4 rings (SSSR count). The minimum absolute atomic E-state index is 0.183. The Morgan fingerprint density at radius 3 is 2.89 bits per heavy atom. The van der Waals surface area contributed by atoms with Crippen molar-refractivity contribution in [1.29, 1.82) is 0 Å². The summed E-state index contributed by atoms with van der Waals surface area (Å²) in [5, 5.41) is 14.1. The van der Waals surface area contributed by atoms with Gasteiger partial charge in [0.1, 0.15) is 5.82 Å². The number of amides is 2. The summed E-state index contributed by atoms with van der Waals surface area (Å²) in [4.78, 5) is 14.1. The van der Waals surface area contributed by atoms with Crippen LogP contribution in [0.2, 0.25) is 0 Å². The number of fused-ring (bicyclic) bond motifs is 3. The molecule has 27 heavy (non-hydrogen) atoms. The summed E-state index contributed by atoms with van der Waals surface area (Å²) in [6.45, 7) is 7.41. The highest BCUT2D eigenvalue weighted by molar-refractivity contribution is 5.89. The summed E-state index contributed by atoms with van der Waals surface area (Å²) in [5.41, 5.74) is 3.18. The van der Waals surface area contributed by atoms with Crippen molar-refractivity contribution in [2.75, 3.05) is 11.9 Å². The van der Waals surface area contributed by atoms with Crippen molar-refractivity contribution in [3.8, 4) is 0 Å². The molecule has 0 spiro atoms. The number of benzene rings is 1. The molecule has 2 N–H and O–H groups in total. The largest absolute Gasteiger partial charge is 0.362 e. The van der Waals surface area contributed by atoms with Crippen LogP contribution < -0.4 is 10.6 Å². The Hall–Kier alpha value is -3.09. The minimum Gasteiger partial charge on any atom is -0.362 e. The van der Waals surface area contributed by atoms with Gasteiger partial charge in [-0.25, -0.2) is 4.79 Å². The third-order valence-corrected chi connectivity index (χ3v) is 5.08. The molecular weight excluding hydrogens is 340 g/mol. The second-order valence-corrected chi connectivity index (χ2v) is 6.94. The number of aromatic nitrogens is 3. The average molecular weight is 364 g/mol. The van der Waals surface area contributed by atoms with Crippen LogP contribution in [0.15, 0.2) is 42.1 Å². The number of urea groups is 1. The molecule has 2 atom stereocenters. The van der Waals surface area contributed by atoms with Crippen molar-refractivity contribution >= 4 is 17.8 Å². The number of nitrogens with zero attached hydrogens (tertiary/aromatic N) is 4. The first kappa shape index (κ1) is 17.3. The lowest BCUT2D eigenvalue weighted by molar-refractivity contribution is 0.252. The number of hydrogen-bond acceptors (Lipinski definition) is 4. The molecule has 7 nitrogen and oxygen atoms in total. The Labute approximate surface area is 158 Å². The van der Waals surface area contributed by atoms with Crippen molar-refractivity contribution in [2.45, 2.75) is 39.4 Å². The lowest BCUT2D eigenvalue weighted by atomic mass is 10.0. The maximum atomic E-state index is 11.8. The first-order valence-corrected chi connectivity index (χ1v) is 9.25. The van der Waals surface area contributed by atoms with Gasteiger partial charge in [-0.1, -0.05) is 18.2 Å². The Morgan fingerprint density at radius 1 is 1.22 bits per heavy atom. The van der Waals surface area contributed by atoms with Crippen LogP contribution in [-0.2, 0) is 6.54 Å². The monoisotopic (exact) mass is 364 g/mol. The van der Waals surface area contributed by atoms with Gasteiger partial charge >= 0.3 is 6.03 Å². The number of aryl methyl sites for hydroxylation is 1. The van der Waals surface area contributed by atoms with Crippen molar-refractivity contribution in [2.24, 2.45) is 0 Å². The van der Waals surface area contributed by atoms with Crippen LogP contribution in [-0.4, -0.2) is 38.3 Å². The van der Waals surface area contributed by atoms with Gasteiger partial charge in [-0.15, -0.1) is 10.2 Å². The van der Waals surface area contributed by atoms with Crippen LogP contribution >= 0.6 is 0 Å². The highest BCUT2D eigenvalue weighted by atomic mass is 16.2. The molecule has 0 saturated heterocycles. The van der Waals surface area contributed by atoms with Crippen LogP contribution in [0.1, 0.15) is 37.1 Å². The van der Waals surface area contributed by atoms with Gasteiger partial charge < -0.3 is 20.1 Å². The number of anilines is 1. The van der Waals surface area contributed by atoms with E-state index in [0.29, 0.717) is 6.54 Å². The van der Waals surface area contributed by atoms with Crippen molar-refractivity contribution in [3.05, 3.63) is 59.3 Å². The number of carbonyl (C=O) groups excluding carboxylic acids is 1. The fraction of sp³-hybridized carbons (Fsp3) is 0.350. The van der Waals surface area contributed by atoms with E-state index in [0.717, 1.165) is 29.4 Å². The molecule has 0 aliphatic carbocycles. The Kier molecular flexibility index (Phi) is 4.43. The van der Waals surface area contributed by atoms with E-state index >= 15 is 0 Å². The van der Waals surface area contributed by atoms with E-state index in [9.17, 15) is 4.79 Å². The Morgan fingerprint density at radius 2 is 2.07 bits per heavy atom. The van der Waals surface area contributed by atoms with Crippen molar-refractivity contribution in [1.82, 2.24) is 25.0 Å². The molecule has 0 bridgehead atoms. The number of hydrogen-bond donors (Lipinski definition) is 2. The summed E-state index contributed by atoms with van der Waals surface area (Å²) in [6, 6.07) is 8.27. The second-order valence-electron chi connectivity index (χ2n) is 6.94. The minimum atomic E-state index is -0.183. The zero-order valence-corrected chi connectivity index (χ0v) is 15.8. The van der Waals surface area contributed by atoms with Gasteiger partial charge in [-0.2, -0.15) is 0 Å². The average Bonchev–Trinajstić information content (AvgIpc) is 3.16. The molecule has 2 unspecified atom stereocenters. The molecule has 0 fully saturated rings. The Balaban J connectivity index is 1.53. The van der Waals surface area contributed by atoms with Crippen molar-refractivity contribution < 1.29 is 4.79 Å². The SMILES string of the molecule is CCNC(=O)Nc1cccc(CN2C(C)=CC3C2C=Cc2nnc(C)n23)c1. The summed E-state index contributed by atoms with van der Waals surface area (Å²) in [7, 11) is 0. The summed E-state index contributed by atoms with van der Waals surface area (Å²) < 4.78 is 2.20. The van der Waals surface area contributed by atoms with Gasteiger partial charge in [-0.05, 0) is 50.6 Å². The van der Waals surface area contributed by atoms with Gasteiger partial charge in [-0.3, -0.25) is 0 Å². The van der Waals surface area contributed by atoms with Crippen molar-refractivity contribution in [3.63, 3.8) is 0 Å². The summed E-state index contributed by atoms with van der Waals surface area (Å²) >= 11 is 0. The highest BCUT2D eigenvalue weighted by Crippen LogP contribution is 2.37. The summed E-state index contributed by atoms with van der Waals surface area (Å²) in [6.07, 6.45) is 6.54. The predicted octanol–water partition coefficient (Wildman–Crippen LogP) is 3.08. The van der Waals surface area contributed by atoms with Gasteiger partial charge in [0.25, 0.3) is 0 Å². The van der Waals surface area contributed by atoms with Crippen LogP contribution in [0.5, 0.6) is 0 Å². The number of allylic oxidation sites excluding steroid dienone is 1. The molecule has 140 valence electrons.